The van der Waals surface area contributed by atoms with Crippen molar-refractivity contribution in [2.24, 2.45) is 0 Å². The van der Waals surface area contributed by atoms with Crippen LogP contribution in [0.3, 0.4) is 0 Å². The Hall–Kier alpha value is -0.0800. The Balaban J connectivity index is 1.89. The van der Waals surface area contributed by atoms with Crippen molar-refractivity contribution < 1.29 is 4.74 Å². The van der Waals surface area contributed by atoms with Crippen LogP contribution in [0.4, 0.5) is 0 Å². The van der Waals surface area contributed by atoms with E-state index in [4.69, 9.17) is 4.74 Å². The summed E-state index contributed by atoms with van der Waals surface area (Å²) in [6.07, 6.45) is 2.49. The van der Waals surface area contributed by atoms with Crippen LogP contribution in [-0.4, -0.2) is 36.7 Å². The lowest BCUT2D eigenvalue weighted by Crippen LogP contribution is -2.56. The number of piperidine rings is 1. The van der Waals surface area contributed by atoms with Crippen LogP contribution in [0.1, 0.15) is 13.3 Å². The average Bonchev–Trinajstić information content (AvgIpc) is 1.87. The van der Waals surface area contributed by atoms with Crippen LogP contribution in [0.15, 0.2) is 0 Å². The summed E-state index contributed by atoms with van der Waals surface area (Å²) in [5.74, 6) is 0. The first-order valence-electron chi connectivity index (χ1n) is 3.76. The number of fused-ring (bicyclic) bond motifs is 2. The van der Waals surface area contributed by atoms with Gasteiger partial charge in [-0.2, -0.15) is 0 Å². The van der Waals surface area contributed by atoms with Gasteiger partial charge in [-0.1, -0.05) is 6.92 Å². The molecule has 0 N–H and O–H groups in total. The molecule has 0 radical (unpaired) electrons. The van der Waals surface area contributed by atoms with E-state index in [1.54, 1.807) is 0 Å². The van der Waals surface area contributed by atoms with Gasteiger partial charge in [-0.15, -0.1) is 0 Å². The quantitative estimate of drug-likeness (QED) is 0.508. The number of ether oxygens (including phenoxy) is 1. The van der Waals surface area contributed by atoms with Crippen molar-refractivity contribution in [3.05, 3.63) is 0 Å². The maximum absolute atomic E-state index is 5.47. The van der Waals surface area contributed by atoms with Crippen molar-refractivity contribution in [1.29, 1.82) is 0 Å². The molecular formula is C7H13NO. The first kappa shape index (κ1) is 5.69. The fraction of sp³-hybridized carbons (Fsp3) is 1.00. The highest BCUT2D eigenvalue weighted by Gasteiger charge is 2.37. The van der Waals surface area contributed by atoms with E-state index in [1.165, 1.54) is 26.1 Å². The molecule has 0 spiro atoms. The van der Waals surface area contributed by atoms with Crippen molar-refractivity contribution in [3.8, 4) is 0 Å². The van der Waals surface area contributed by atoms with Crippen LogP contribution >= 0.6 is 0 Å². The second-order valence-electron chi connectivity index (χ2n) is 2.97. The maximum atomic E-state index is 5.47. The smallest absolute Gasteiger partial charge is 0.0731 e. The molecule has 9 heavy (non-hydrogen) atoms. The summed E-state index contributed by atoms with van der Waals surface area (Å²) < 4.78 is 5.47. The monoisotopic (exact) mass is 127 g/mol. The van der Waals surface area contributed by atoms with Gasteiger partial charge in [0.15, 0.2) is 0 Å². The first-order chi connectivity index (χ1) is 4.38. The fourth-order valence-corrected chi connectivity index (χ4v) is 1.70. The average molecular weight is 127 g/mol. The molecule has 3 rings (SSSR count). The van der Waals surface area contributed by atoms with E-state index >= 15 is 0 Å². The first-order valence-corrected chi connectivity index (χ1v) is 3.76. The van der Waals surface area contributed by atoms with E-state index in [0.29, 0.717) is 12.2 Å². The number of rotatable bonds is 1. The van der Waals surface area contributed by atoms with Crippen molar-refractivity contribution in [2.45, 2.75) is 25.6 Å². The van der Waals surface area contributed by atoms with Crippen molar-refractivity contribution >= 4 is 0 Å². The third-order valence-electron chi connectivity index (χ3n) is 2.28. The summed E-state index contributed by atoms with van der Waals surface area (Å²) in [5.41, 5.74) is 0. The normalized spacial score (nSPS) is 42.3. The van der Waals surface area contributed by atoms with Gasteiger partial charge in [0.1, 0.15) is 0 Å². The third-order valence-corrected chi connectivity index (χ3v) is 2.28. The van der Waals surface area contributed by atoms with Gasteiger partial charge >= 0.3 is 0 Å². The van der Waals surface area contributed by atoms with Crippen molar-refractivity contribution in [1.82, 2.24) is 4.90 Å². The highest BCUT2D eigenvalue weighted by molar-refractivity contribution is 4.88. The fourth-order valence-electron chi connectivity index (χ4n) is 1.70. The number of nitrogens with zero attached hydrogens (tertiary/aromatic N) is 1. The molecule has 0 aromatic heterocycles. The predicted molar refractivity (Wildman–Crippen MR) is 35.4 cm³/mol. The largest absolute Gasteiger partial charge is 0.372 e. The summed E-state index contributed by atoms with van der Waals surface area (Å²) in [6, 6.07) is 0. The molecule has 3 saturated heterocycles. The molecular weight excluding hydrogens is 114 g/mol. The molecule has 2 heteroatoms. The molecule has 2 atom stereocenters. The van der Waals surface area contributed by atoms with Gasteiger partial charge < -0.3 is 4.74 Å². The van der Waals surface area contributed by atoms with Gasteiger partial charge in [-0.25, -0.2) is 0 Å². The van der Waals surface area contributed by atoms with Crippen LogP contribution in [0.25, 0.3) is 0 Å². The van der Waals surface area contributed by atoms with E-state index in [0.717, 1.165) is 0 Å². The van der Waals surface area contributed by atoms with Crippen LogP contribution in [-0.2, 0) is 4.74 Å². The molecule has 0 saturated carbocycles. The Morgan fingerprint density at radius 3 is 2.33 bits per heavy atom. The van der Waals surface area contributed by atoms with Crippen LogP contribution in [0.5, 0.6) is 0 Å². The van der Waals surface area contributed by atoms with Gasteiger partial charge in [0, 0.05) is 19.5 Å². The number of likely N-dealkylation sites (N-methyl/N-ethyl adjacent to an activating group) is 1. The molecule has 2 nitrogen and oxygen atoms in total. The zero-order chi connectivity index (χ0) is 6.27. The molecule has 2 unspecified atom stereocenters. The Bertz CT molecular complexity index is 99.5. The summed E-state index contributed by atoms with van der Waals surface area (Å²) >= 11 is 0. The van der Waals surface area contributed by atoms with Crippen LogP contribution in [0.2, 0.25) is 0 Å². The molecule has 52 valence electrons. The molecule has 3 heterocycles. The number of hydrogen-bond donors (Lipinski definition) is 0. The standard InChI is InChI=1S/C7H13NO/c1-2-8-4-6-3-7(5-8)9-6/h6-7H,2-5H2,1H3. The lowest BCUT2D eigenvalue weighted by atomic mass is 9.99. The Kier molecular flexibility index (Phi) is 1.24. The van der Waals surface area contributed by atoms with Gasteiger partial charge in [0.05, 0.1) is 12.2 Å². The van der Waals surface area contributed by atoms with E-state index in [2.05, 4.69) is 11.8 Å². The number of morpholine rings is 1. The number of hydrogen-bond acceptors (Lipinski definition) is 2. The zero-order valence-corrected chi connectivity index (χ0v) is 5.84. The summed E-state index contributed by atoms with van der Waals surface area (Å²) in [5, 5.41) is 0. The Morgan fingerprint density at radius 2 is 2.00 bits per heavy atom. The van der Waals surface area contributed by atoms with E-state index in [1.807, 2.05) is 0 Å². The second kappa shape index (κ2) is 1.96. The molecule has 0 aromatic carbocycles. The van der Waals surface area contributed by atoms with Gasteiger partial charge in [0.25, 0.3) is 0 Å². The molecule has 0 aliphatic carbocycles. The molecule has 3 fully saturated rings. The SMILES string of the molecule is CCN1CC2CC(C1)O2. The van der Waals surface area contributed by atoms with Crippen LogP contribution < -0.4 is 0 Å². The molecule has 3 aliphatic rings. The second-order valence-corrected chi connectivity index (χ2v) is 2.97. The maximum Gasteiger partial charge on any atom is 0.0731 e. The highest BCUT2D eigenvalue weighted by atomic mass is 16.5. The van der Waals surface area contributed by atoms with Crippen LogP contribution in [0, 0.1) is 0 Å². The van der Waals surface area contributed by atoms with Gasteiger partial charge in [-0.05, 0) is 6.54 Å². The highest BCUT2D eigenvalue weighted by Crippen LogP contribution is 2.27. The third kappa shape index (κ3) is 0.864. The summed E-state index contributed by atoms with van der Waals surface area (Å²) in [6.45, 7) is 5.75. The van der Waals surface area contributed by atoms with E-state index < -0.39 is 0 Å². The summed E-state index contributed by atoms with van der Waals surface area (Å²) in [7, 11) is 0. The van der Waals surface area contributed by atoms with E-state index in [9.17, 15) is 0 Å². The molecule has 0 aromatic rings. The minimum atomic E-state index is 0.587. The molecule has 0 amide bonds. The van der Waals surface area contributed by atoms with E-state index in [-0.39, 0.29) is 0 Å². The Labute approximate surface area is 55.8 Å². The molecule has 2 bridgehead atoms. The lowest BCUT2D eigenvalue weighted by Gasteiger charge is -2.46. The van der Waals surface area contributed by atoms with Crippen molar-refractivity contribution in [3.63, 3.8) is 0 Å². The molecule has 3 aliphatic heterocycles. The minimum Gasteiger partial charge on any atom is -0.372 e. The van der Waals surface area contributed by atoms with Gasteiger partial charge in [-0.3, -0.25) is 4.90 Å². The lowest BCUT2D eigenvalue weighted by molar-refractivity contribution is -0.179. The summed E-state index contributed by atoms with van der Waals surface area (Å²) in [4.78, 5) is 2.46. The zero-order valence-electron chi connectivity index (χ0n) is 5.84. The topological polar surface area (TPSA) is 12.5 Å². The predicted octanol–water partition coefficient (Wildman–Crippen LogP) is 0.479. The van der Waals surface area contributed by atoms with Gasteiger partial charge in [0.2, 0.25) is 0 Å². The van der Waals surface area contributed by atoms with Crippen molar-refractivity contribution in [2.75, 3.05) is 19.6 Å². The minimum absolute atomic E-state index is 0.587. The Morgan fingerprint density at radius 1 is 1.44 bits per heavy atom.